The van der Waals surface area contributed by atoms with Crippen LogP contribution in [0.4, 0.5) is 8.78 Å². The summed E-state index contributed by atoms with van der Waals surface area (Å²) in [6.45, 7) is 7.08. The van der Waals surface area contributed by atoms with Crippen molar-refractivity contribution < 1.29 is 8.78 Å². The maximum absolute atomic E-state index is 14.0. The molecule has 2 rings (SSSR count). The molecule has 0 unspecified atom stereocenters. The Bertz CT molecular complexity index is 723. The molecule has 5 heteroatoms. The molecule has 0 saturated carbocycles. The number of hydrogen-bond donors (Lipinski definition) is 1. The molecule has 22 heavy (non-hydrogen) atoms. The lowest BCUT2D eigenvalue weighted by Crippen LogP contribution is -2.24. The summed E-state index contributed by atoms with van der Waals surface area (Å²) >= 11 is 0. The molecule has 1 aromatic heterocycles. The summed E-state index contributed by atoms with van der Waals surface area (Å²) < 4.78 is 28.6. The largest absolute Gasteiger partial charge is 0.318 e. The van der Waals surface area contributed by atoms with Crippen molar-refractivity contribution in [2.45, 2.75) is 27.3 Å². The van der Waals surface area contributed by atoms with Crippen molar-refractivity contribution >= 4 is 0 Å². The molecule has 0 amide bonds. The molecule has 0 fully saturated rings. The highest BCUT2D eigenvalue weighted by Crippen LogP contribution is 2.16. The Morgan fingerprint density at radius 2 is 1.95 bits per heavy atom. The molecule has 118 valence electrons. The third-order valence-electron chi connectivity index (χ3n) is 3.36. The smallest absolute Gasteiger partial charge is 0.186 e. The summed E-state index contributed by atoms with van der Waals surface area (Å²) in [7, 11) is 0. The maximum atomic E-state index is 14.0. The standard InChI is InChI=1S/C17H20F2N2O/c1-11(2)8-20-9-13-10-21(12(3)6-17(13)22)16-5-4-14(18)7-15(16)19/h4-7,10-11,20H,8-9H2,1-3H3. The van der Waals surface area contributed by atoms with Crippen LogP contribution in [0.25, 0.3) is 5.69 Å². The van der Waals surface area contributed by atoms with Crippen molar-refractivity contribution in [2.75, 3.05) is 6.54 Å². The summed E-state index contributed by atoms with van der Waals surface area (Å²) in [4.78, 5) is 12.0. The lowest BCUT2D eigenvalue weighted by molar-refractivity contribution is 0.549. The summed E-state index contributed by atoms with van der Waals surface area (Å²) in [5.41, 5.74) is 1.29. The number of aryl methyl sites for hydroxylation is 1. The van der Waals surface area contributed by atoms with Crippen molar-refractivity contribution in [1.29, 1.82) is 0 Å². The van der Waals surface area contributed by atoms with Gasteiger partial charge in [0.2, 0.25) is 0 Å². The van der Waals surface area contributed by atoms with Gasteiger partial charge in [-0.2, -0.15) is 0 Å². The number of benzene rings is 1. The molecule has 0 aliphatic carbocycles. The van der Waals surface area contributed by atoms with Crippen LogP contribution in [0.2, 0.25) is 0 Å². The van der Waals surface area contributed by atoms with E-state index in [1.54, 1.807) is 17.7 Å². The minimum Gasteiger partial charge on any atom is -0.318 e. The van der Waals surface area contributed by atoms with Gasteiger partial charge in [-0.15, -0.1) is 0 Å². The minimum absolute atomic E-state index is 0.0903. The van der Waals surface area contributed by atoms with E-state index in [-0.39, 0.29) is 11.1 Å². The molecule has 2 aromatic rings. The molecule has 1 N–H and O–H groups in total. The second-order valence-electron chi connectivity index (χ2n) is 5.79. The molecule has 0 aliphatic heterocycles. The van der Waals surface area contributed by atoms with E-state index < -0.39 is 11.6 Å². The van der Waals surface area contributed by atoms with Gasteiger partial charge in [0.25, 0.3) is 0 Å². The molecule has 0 spiro atoms. The van der Waals surface area contributed by atoms with Gasteiger partial charge in [0.15, 0.2) is 5.43 Å². The normalized spacial score (nSPS) is 11.2. The van der Waals surface area contributed by atoms with Crippen LogP contribution in [-0.2, 0) is 6.54 Å². The van der Waals surface area contributed by atoms with Gasteiger partial charge in [0, 0.05) is 36.1 Å². The van der Waals surface area contributed by atoms with Crippen molar-refractivity contribution in [2.24, 2.45) is 5.92 Å². The minimum atomic E-state index is -0.659. The molecule has 3 nitrogen and oxygen atoms in total. The third-order valence-corrected chi connectivity index (χ3v) is 3.36. The molecular formula is C17H20F2N2O. The van der Waals surface area contributed by atoms with E-state index in [1.807, 2.05) is 0 Å². The zero-order chi connectivity index (χ0) is 16.3. The average molecular weight is 306 g/mol. The first kappa shape index (κ1) is 16.4. The van der Waals surface area contributed by atoms with Crippen LogP contribution in [0.5, 0.6) is 0 Å². The van der Waals surface area contributed by atoms with Crippen LogP contribution < -0.4 is 10.7 Å². The second kappa shape index (κ2) is 6.83. The van der Waals surface area contributed by atoms with E-state index in [2.05, 4.69) is 19.2 Å². The Balaban J connectivity index is 2.37. The van der Waals surface area contributed by atoms with Crippen LogP contribution in [0.1, 0.15) is 25.1 Å². The lowest BCUT2D eigenvalue weighted by atomic mass is 10.2. The Kier molecular flexibility index (Phi) is 5.08. The number of rotatable bonds is 5. The molecule has 0 bridgehead atoms. The van der Waals surface area contributed by atoms with Gasteiger partial charge >= 0.3 is 0 Å². The quantitative estimate of drug-likeness (QED) is 0.920. The summed E-state index contributed by atoms with van der Waals surface area (Å²) in [6, 6.07) is 4.87. The molecule has 0 atom stereocenters. The molecular weight excluding hydrogens is 286 g/mol. The van der Waals surface area contributed by atoms with Gasteiger partial charge in [0.1, 0.15) is 11.6 Å². The Hall–Kier alpha value is -2.01. The molecule has 1 heterocycles. The van der Waals surface area contributed by atoms with Crippen molar-refractivity contribution in [3.63, 3.8) is 0 Å². The van der Waals surface area contributed by atoms with E-state index in [1.165, 1.54) is 18.2 Å². The van der Waals surface area contributed by atoms with Gasteiger partial charge < -0.3 is 9.88 Å². The fourth-order valence-electron chi connectivity index (χ4n) is 2.24. The van der Waals surface area contributed by atoms with E-state index in [9.17, 15) is 13.6 Å². The van der Waals surface area contributed by atoms with Gasteiger partial charge in [-0.05, 0) is 31.5 Å². The number of halogens is 2. The molecule has 0 aliphatic rings. The van der Waals surface area contributed by atoms with Crippen molar-refractivity contribution in [1.82, 2.24) is 9.88 Å². The second-order valence-corrected chi connectivity index (χ2v) is 5.79. The summed E-state index contributed by atoms with van der Waals surface area (Å²) in [5.74, 6) is -0.811. The zero-order valence-electron chi connectivity index (χ0n) is 13.0. The van der Waals surface area contributed by atoms with E-state index >= 15 is 0 Å². The summed E-state index contributed by atoms with van der Waals surface area (Å²) in [6.07, 6.45) is 1.61. The lowest BCUT2D eigenvalue weighted by Gasteiger charge is -2.14. The van der Waals surface area contributed by atoms with Crippen LogP contribution in [0.3, 0.4) is 0 Å². The van der Waals surface area contributed by atoms with E-state index in [0.29, 0.717) is 23.7 Å². The fraction of sp³-hybridized carbons (Fsp3) is 0.353. The van der Waals surface area contributed by atoms with Crippen molar-refractivity contribution in [3.05, 3.63) is 63.6 Å². The van der Waals surface area contributed by atoms with Crippen LogP contribution >= 0.6 is 0 Å². The first-order valence-corrected chi connectivity index (χ1v) is 7.27. The predicted octanol–water partition coefficient (Wildman–Crippen LogP) is 3.17. The molecule has 0 radical (unpaired) electrons. The first-order chi connectivity index (χ1) is 10.4. The Morgan fingerprint density at radius 1 is 1.23 bits per heavy atom. The van der Waals surface area contributed by atoms with E-state index in [0.717, 1.165) is 12.6 Å². The Labute approximate surface area is 128 Å². The first-order valence-electron chi connectivity index (χ1n) is 7.27. The molecule has 1 aromatic carbocycles. The van der Waals surface area contributed by atoms with Crippen LogP contribution in [0, 0.1) is 24.5 Å². The Morgan fingerprint density at radius 3 is 2.59 bits per heavy atom. The highest BCUT2D eigenvalue weighted by atomic mass is 19.1. The van der Waals surface area contributed by atoms with E-state index in [4.69, 9.17) is 0 Å². The highest BCUT2D eigenvalue weighted by Gasteiger charge is 2.10. The monoisotopic (exact) mass is 306 g/mol. The van der Waals surface area contributed by atoms with Crippen LogP contribution in [0.15, 0.2) is 35.3 Å². The SMILES string of the molecule is Cc1cc(=O)c(CNCC(C)C)cn1-c1ccc(F)cc1F. The number of nitrogens with one attached hydrogen (secondary N) is 1. The average Bonchev–Trinajstić information content (AvgIpc) is 2.42. The topological polar surface area (TPSA) is 34.0 Å². The number of nitrogens with zero attached hydrogens (tertiary/aromatic N) is 1. The number of hydrogen-bond acceptors (Lipinski definition) is 2. The predicted molar refractivity (Wildman–Crippen MR) is 83.2 cm³/mol. The number of pyridine rings is 1. The molecule has 0 saturated heterocycles. The van der Waals surface area contributed by atoms with Gasteiger partial charge in [0.05, 0.1) is 5.69 Å². The van der Waals surface area contributed by atoms with Crippen LogP contribution in [-0.4, -0.2) is 11.1 Å². The third kappa shape index (κ3) is 3.80. The highest BCUT2D eigenvalue weighted by molar-refractivity contribution is 5.37. The summed E-state index contributed by atoms with van der Waals surface area (Å²) in [5, 5.41) is 3.20. The fourth-order valence-corrected chi connectivity index (χ4v) is 2.24. The van der Waals surface area contributed by atoms with Gasteiger partial charge in [-0.1, -0.05) is 13.8 Å². The van der Waals surface area contributed by atoms with Gasteiger partial charge in [-0.3, -0.25) is 4.79 Å². The van der Waals surface area contributed by atoms with Gasteiger partial charge in [-0.25, -0.2) is 8.78 Å². The van der Waals surface area contributed by atoms with Crippen molar-refractivity contribution in [3.8, 4) is 5.69 Å². The zero-order valence-corrected chi connectivity index (χ0v) is 13.0. The number of aromatic nitrogens is 1. The maximum Gasteiger partial charge on any atom is 0.186 e.